The van der Waals surface area contributed by atoms with E-state index >= 15 is 0 Å². The number of amides is 1. The molecule has 0 saturated heterocycles. The second-order valence-electron chi connectivity index (χ2n) is 7.80. The lowest BCUT2D eigenvalue weighted by molar-refractivity contribution is -0.139. The van der Waals surface area contributed by atoms with Crippen LogP contribution in [0.25, 0.3) is 10.8 Å². The van der Waals surface area contributed by atoms with Crippen LogP contribution in [0.1, 0.15) is 37.7 Å². The molecule has 2 atom stereocenters. The molecular formula is C22H26N2O3. The molecule has 2 unspecified atom stereocenters. The summed E-state index contributed by atoms with van der Waals surface area (Å²) in [5.74, 6) is -0.264. The van der Waals surface area contributed by atoms with E-state index < -0.39 is 5.97 Å². The van der Waals surface area contributed by atoms with Crippen molar-refractivity contribution >= 4 is 22.6 Å². The molecule has 0 aliphatic heterocycles. The molecule has 2 aliphatic carbocycles. The summed E-state index contributed by atoms with van der Waals surface area (Å²) in [4.78, 5) is 25.5. The number of hydrogen-bond donors (Lipinski definition) is 2. The van der Waals surface area contributed by atoms with E-state index in [-0.39, 0.29) is 30.5 Å². The van der Waals surface area contributed by atoms with E-state index in [2.05, 4.69) is 41.7 Å². The van der Waals surface area contributed by atoms with Gasteiger partial charge in [-0.25, -0.2) is 0 Å². The fraction of sp³-hybridized carbons (Fsp3) is 0.455. The van der Waals surface area contributed by atoms with Gasteiger partial charge in [0, 0.05) is 18.0 Å². The fourth-order valence-electron chi connectivity index (χ4n) is 4.39. The third-order valence-corrected chi connectivity index (χ3v) is 6.07. The van der Waals surface area contributed by atoms with Crippen molar-refractivity contribution in [3.05, 3.63) is 48.0 Å². The van der Waals surface area contributed by atoms with E-state index in [0.29, 0.717) is 5.92 Å². The normalized spacial score (nSPS) is 26.6. The lowest BCUT2D eigenvalue weighted by atomic mass is 9.85. The number of benzene rings is 2. The standard InChI is InChI=1S/C22H26N2O3/c1-2-24(13-21(25)26)16-10-15(11-16)23-22(27)20-12-19(20)18-9-5-7-14-6-3-4-8-17(14)18/h3-9,15-16,19-20H,2,10-13H2,1H3,(H,23,27)(H,25,26). The number of rotatable bonds is 7. The van der Waals surface area contributed by atoms with Crippen molar-refractivity contribution < 1.29 is 14.7 Å². The van der Waals surface area contributed by atoms with Crippen LogP contribution in [0, 0.1) is 5.92 Å². The van der Waals surface area contributed by atoms with Crippen LogP contribution in [0.3, 0.4) is 0 Å². The van der Waals surface area contributed by atoms with Crippen LogP contribution in [0.15, 0.2) is 42.5 Å². The fourth-order valence-corrected chi connectivity index (χ4v) is 4.39. The van der Waals surface area contributed by atoms with Crippen LogP contribution in [-0.2, 0) is 9.59 Å². The lowest BCUT2D eigenvalue weighted by Gasteiger charge is -2.42. The van der Waals surface area contributed by atoms with Gasteiger partial charge in [-0.05, 0) is 48.1 Å². The highest BCUT2D eigenvalue weighted by molar-refractivity contribution is 5.89. The van der Waals surface area contributed by atoms with Gasteiger partial charge in [0.2, 0.25) is 5.91 Å². The van der Waals surface area contributed by atoms with Gasteiger partial charge in [-0.1, -0.05) is 49.4 Å². The van der Waals surface area contributed by atoms with Gasteiger partial charge in [-0.3, -0.25) is 14.5 Å². The van der Waals surface area contributed by atoms with Gasteiger partial charge in [0.15, 0.2) is 0 Å². The van der Waals surface area contributed by atoms with E-state index in [4.69, 9.17) is 5.11 Å². The van der Waals surface area contributed by atoms with Gasteiger partial charge in [-0.15, -0.1) is 0 Å². The summed E-state index contributed by atoms with van der Waals surface area (Å²) in [6, 6.07) is 15.1. The van der Waals surface area contributed by atoms with Crippen LogP contribution in [0.4, 0.5) is 0 Å². The summed E-state index contributed by atoms with van der Waals surface area (Å²) in [5, 5.41) is 14.6. The quantitative estimate of drug-likeness (QED) is 0.790. The monoisotopic (exact) mass is 366 g/mol. The lowest BCUT2D eigenvalue weighted by Crippen LogP contribution is -2.55. The van der Waals surface area contributed by atoms with Crippen molar-refractivity contribution in [2.24, 2.45) is 5.92 Å². The first-order chi connectivity index (χ1) is 13.1. The van der Waals surface area contributed by atoms with Crippen LogP contribution >= 0.6 is 0 Å². The SMILES string of the molecule is CCN(CC(=O)O)C1CC(NC(=O)C2CC2c2cccc3ccccc23)C1. The largest absolute Gasteiger partial charge is 0.480 e. The summed E-state index contributed by atoms with van der Waals surface area (Å²) in [5.41, 5.74) is 1.28. The Morgan fingerprint density at radius 2 is 1.85 bits per heavy atom. The number of nitrogens with zero attached hydrogens (tertiary/aromatic N) is 1. The molecule has 0 bridgehead atoms. The first-order valence-corrected chi connectivity index (χ1v) is 9.80. The van der Waals surface area contributed by atoms with Gasteiger partial charge >= 0.3 is 5.97 Å². The minimum atomic E-state index is -0.791. The molecule has 0 heterocycles. The van der Waals surface area contributed by atoms with Crippen LogP contribution in [0.2, 0.25) is 0 Å². The van der Waals surface area contributed by atoms with Crippen molar-refractivity contribution in [1.29, 1.82) is 0 Å². The number of hydrogen-bond acceptors (Lipinski definition) is 3. The highest BCUT2D eigenvalue weighted by atomic mass is 16.4. The molecular weight excluding hydrogens is 340 g/mol. The summed E-state index contributed by atoms with van der Waals surface area (Å²) in [6.07, 6.45) is 2.60. The Balaban J connectivity index is 1.32. The third-order valence-electron chi connectivity index (χ3n) is 6.07. The number of carbonyl (C=O) groups is 2. The van der Waals surface area contributed by atoms with Crippen LogP contribution in [-0.4, -0.2) is 47.1 Å². The Hall–Kier alpha value is -2.40. The first-order valence-electron chi connectivity index (χ1n) is 9.80. The summed E-state index contributed by atoms with van der Waals surface area (Å²) < 4.78 is 0. The second kappa shape index (κ2) is 7.31. The molecule has 0 aromatic heterocycles. The smallest absolute Gasteiger partial charge is 0.317 e. The van der Waals surface area contributed by atoms with Crippen LogP contribution in [0.5, 0.6) is 0 Å². The molecule has 2 saturated carbocycles. The summed E-state index contributed by atoms with van der Waals surface area (Å²) >= 11 is 0. The molecule has 2 aromatic rings. The van der Waals surface area contributed by atoms with E-state index in [0.717, 1.165) is 25.8 Å². The predicted molar refractivity (Wildman–Crippen MR) is 105 cm³/mol. The van der Waals surface area contributed by atoms with Gasteiger partial charge in [0.1, 0.15) is 0 Å². The molecule has 4 rings (SSSR count). The van der Waals surface area contributed by atoms with Crippen molar-refractivity contribution in [3.63, 3.8) is 0 Å². The van der Waals surface area contributed by atoms with E-state index in [1.165, 1.54) is 16.3 Å². The van der Waals surface area contributed by atoms with E-state index in [9.17, 15) is 9.59 Å². The molecule has 1 amide bonds. The maximum atomic E-state index is 12.6. The Morgan fingerprint density at radius 1 is 1.11 bits per heavy atom. The molecule has 2 aromatic carbocycles. The highest BCUT2D eigenvalue weighted by Crippen LogP contribution is 2.49. The molecule has 27 heavy (non-hydrogen) atoms. The zero-order valence-corrected chi connectivity index (χ0v) is 15.6. The minimum Gasteiger partial charge on any atom is -0.480 e. The maximum absolute atomic E-state index is 12.6. The Bertz CT molecular complexity index is 854. The number of nitrogens with one attached hydrogen (secondary N) is 1. The molecule has 5 heteroatoms. The molecule has 2 aliphatic rings. The van der Waals surface area contributed by atoms with E-state index in [1.807, 2.05) is 17.9 Å². The number of carboxylic acids is 1. The van der Waals surface area contributed by atoms with Gasteiger partial charge in [0.05, 0.1) is 6.54 Å². The van der Waals surface area contributed by atoms with Crippen molar-refractivity contribution in [2.75, 3.05) is 13.1 Å². The average Bonchev–Trinajstić information content (AvgIpc) is 3.42. The first kappa shape index (κ1) is 18.0. The average molecular weight is 366 g/mol. The highest BCUT2D eigenvalue weighted by Gasteiger charge is 2.46. The minimum absolute atomic E-state index is 0.0659. The summed E-state index contributed by atoms with van der Waals surface area (Å²) in [7, 11) is 0. The zero-order chi connectivity index (χ0) is 19.0. The number of fused-ring (bicyclic) bond motifs is 1. The molecule has 2 N–H and O–H groups in total. The number of carboxylic acid groups (broad SMARTS) is 1. The van der Waals surface area contributed by atoms with Crippen molar-refractivity contribution in [2.45, 2.75) is 44.2 Å². The van der Waals surface area contributed by atoms with Crippen molar-refractivity contribution in [1.82, 2.24) is 10.2 Å². The number of carbonyl (C=O) groups excluding carboxylic acids is 1. The van der Waals surface area contributed by atoms with Crippen molar-refractivity contribution in [3.8, 4) is 0 Å². The Labute approximate surface area is 159 Å². The topological polar surface area (TPSA) is 69.6 Å². The van der Waals surface area contributed by atoms with Crippen LogP contribution < -0.4 is 5.32 Å². The molecule has 0 radical (unpaired) electrons. The Morgan fingerprint density at radius 3 is 2.59 bits per heavy atom. The van der Waals surface area contributed by atoms with Gasteiger partial charge in [-0.2, -0.15) is 0 Å². The number of aliphatic carboxylic acids is 1. The maximum Gasteiger partial charge on any atom is 0.317 e. The molecule has 0 spiro atoms. The summed E-state index contributed by atoms with van der Waals surface area (Å²) in [6.45, 7) is 2.78. The predicted octanol–water partition coefficient (Wildman–Crippen LogP) is 3.00. The zero-order valence-electron chi connectivity index (χ0n) is 15.6. The van der Waals surface area contributed by atoms with E-state index in [1.54, 1.807) is 0 Å². The van der Waals surface area contributed by atoms with Gasteiger partial charge in [0.25, 0.3) is 0 Å². The molecule has 2 fully saturated rings. The number of likely N-dealkylation sites (N-methyl/N-ethyl adjacent to an activating group) is 1. The third kappa shape index (κ3) is 3.69. The van der Waals surface area contributed by atoms with Gasteiger partial charge < -0.3 is 10.4 Å². The molecule has 142 valence electrons. The Kier molecular flexibility index (Phi) is 4.87. The second-order valence-corrected chi connectivity index (χ2v) is 7.80. The molecule has 5 nitrogen and oxygen atoms in total.